The van der Waals surface area contributed by atoms with Crippen molar-refractivity contribution in [3.63, 3.8) is 0 Å². The van der Waals surface area contributed by atoms with Gasteiger partial charge in [-0.25, -0.2) is 4.68 Å². The molecule has 1 amide bonds. The Morgan fingerprint density at radius 2 is 1.95 bits per heavy atom. The number of carbonyl (C=O) groups is 1. The van der Waals surface area contributed by atoms with E-state index in [0.29, 0.717) is 6.54 Å². The van der Waals surface area contributed by atoms with Crippen molar-refractivity contribution in [3.05, 3.63) is 48.2 Å². The highest BCUT2D eigenvalue weighted by molar-refractivity contribution is 5.91. The lowest BCUT2D eigenvalue weighted by Gasteiger charge is -2.12. The minimum absolute atomic E-state index is 0.136. The van der Waals surface area contributed by atoms with Crippen LogP contribution in [0.3, 0.4) is 0 Å². The smallest absolute Gasteiger partial charge is 0.228 e. The third-order valence-corrected chi connectivity index (χ3v) is 3.87. The third kappa shape index (κ3) is 2.90. The van der Waals surface area contributed by atoms with E-state index >= 15 is 0 Å². The minimum atomic E-state index is 0.136. The molecule has 0 bridgehead atoms. The van der Waals surface area contributed by atoms with Crippen molar-refractivity contribution in [1.82, 2.24) is 9.78 Å². The van der Waals surface area contributed by atoms with Gasteiger partial charge in [-0.2, -0.15) is 5.10 Å². The van der Waals surface area contributed by atoms with Crippen LogP contribution in [-0.4, -0.2) is 15.7 Å². The summed E-state index contributed by atoms with van der Waals surface area (Å²) in [6.07, 6.45) is 6.09. The number of rotatable bonds is 4. The van der Waals surface area contributed by atoms with Crippen LogP contribution in [0.2, 0.25) is 0 Å². The van der Waals surface area contributed by atoms with Crippen molar-refractivity contribution >= 4 is 11.7 Å². The van der Waals surface area contributed by atoms with Crippen LogP contribution in [0, 0.1) is 5.92 Å². The maximum atomic E-state index is 12.2. The maximum Gasteiger partial charge on any atom is 0.228 e. The average molecular weight is 269 g/mol. The lowest BCUT2D eigenvalue weighted by Crippen LogP contribution is -2.22. The van der Waals surface area contributed by atoms with Gasteiger partial charge in [-0.05, 0) is 18.4 Å². The standard InChI is InChI=1S/C16H19N3O/c20-16(14-8-4-5-9-14)18-15-10-11-17-19(15)12-13-6-2-1-3-7-13/h1-3,6-7,10-11,14H,4-5,8-9,12H2,(H,18,20). The molecule has 0 radical (unpaired) electrons. The Hall–Kier alpha value is -2.10. The highest BCUT2D eigenvalue weighted by Crippen LogP contribution is 2.26. The van der Waals surface area contributed by atoms with E-state index in [1.165, 1.54) is 18.4 Å². The first kappa shape index (κ1) is 12.9. The quantitative estimate of drug-likeness (QED) is 0.927. The van der Waals surface area contributed by atoms with Crippen LogP contribution < -0.4 is 5.32 Å². The molecule has 1 aromatic heterocycles. The molecule has 1 aliphatic carbocycles. The summed E-state index contributed by atoms with van der Waals surface area (Å²) in [5, 5.41) is 7.31. The van der Waals surface area contributed by atoms with Gasteiger partial charge in [-0.3, -0.25) is 4.79 Å². The molecule has 1 aromatic carbocycles. The number of hydrogen-bond acceptors (Lipinski definition) is 2. The fourth-order valence-corrected chi connectivity index (χ4v) is 2.74. The molecule has 20 heavy (non-hydrogen) atoms. The monoisotopic (exact) mass is 269 g/mol. The van der Waals surface area contributed by atoms with Gasteiger partial charge in [0.1, 0.15) is 5.82 Å². The van der Waals surface area contributed by atoms with Gasteiger partial charge in [-0.1, -0.05) is 43.2 Å². The van der Waals surface area contributed by atoms with E-state index in [0.717, 1.165) is 18.7 Å². The van der Waals surface area contributed by atoms with Gasteiger partial charge >= 0.3 is 0 Å². The second-order valence-electron chi connectivity index (χ2n) is 5.33. The first-order valence-corrected chi connectivity index (χ1v) is 7.19. The summed E-state index contributed by atoms with van der Waals surface area (Å²) < 4.78 is 1.84. The molecular weight excluding hydrogens is 250 g/mol. The molecule has 1 saturated carbocycles. The van der Waals surface area contributed by atoms with Gasteiger partial charge in [0.25, 0.3) is 0 Å². The molecule has 0 atom stereocenters. The molecule has 1 aliphatic rings. The zero-order valence-electron chi connectivity index (χ0n) is 11.5. The van der Waals surface area contributed by atoms with Crippen LogP contribution in [0.4, 0.5) is 5.82 Å². The van der Waals surface area contributed by atoms with Crippen LogP contribution in [-0.2, 0) is 11.3 Å². The van der Waals surface area contributed by atoms with Crippen molar-refractivity contribution in [1.29, 1.82) is 0 Å². The van der Waals surface area contributed by atoms with Gasteiger partial charge in [0.2, 0.25) is 5.91 Å². The molecule has 0 saturated heterocycles. The van der Waals surface area contributed by atoms with Crippen molar-refractivity contribution in [3.8, 4) is 0 Å². The second kappa shape index (κ2) is 5.90. The topological polar surface area (TPSA) is 46.9 Å². The van der Waals surface area contributed by atoms with Gasteiger partial charge in [0.15, 0.2) is 0 Å². The summed E-state index contributed by atoms with van der Waals surface area (Å²) >= 11 is 0. The lowest BCUT2D eigenvalue weighted by atomic mass is 10.1. The summed E-state index contributed by atoms with van der Waals surface area (Å²) in [4.78, 5) is 12.2. The Balaban J connectivity index is 1.68. The minimum Gasteiger partial charge on any atom is -0.311 e. The molecule has 0 spiro atoms. The number of hydrogen-bond donors (Lipinski definition) is 1. The zero-order chi connectivity index (χ0) is 13.8. The number of nitrogens with one attached hydrogen (secondary N) is 1. The third-order valence-electron chi connectivity index (χ3n) is 3.87. The first-order chi connectivity index (χ1) is 9.83. The van der Waals surface area contributed by atoms with Gasteiger partial charge < -0.3 is 5.32 Å². The molecule has 3 rings (SSSR count). The molecule has 1 fully saturated rings. The SMILES string of the molecule is O=C(Nc1ccnn1Cc1ccccc1)C1CCCC1. The Morgan fingerprint density at radius 1 is 1.20 bits per heavy atom. The number of nitrogens with zero attached hydrogens (tertiary/aromatic N) is 2. The largest absolute Gasteiger partial charge is 0.311 e. The van der Waals surface area contributed by atoms with E-state index in [1.54, 1.807) is 6.20 Å². The summed E-state index contributed by atoms with van der Waals surface area (Å²) in [6, 6.07) is 12.0. The molecule has 4 heteroatoms. The molecule has 2 aromatic rings. The van der Waals surface area contributed by atoms with E-state index in [2.05, 4.69) is 22.5 Å². The van der Waals surface area contributed by atoms with Crippen LogP contribution in [0.5, 0.6) is 0 Å². The number of benzene rings is 1. The van der Waals surface area contributed by atoms with Crippen LogP contribution in [0.15, 0.2) is 42.6 Å². The zero-order valence-corrected chi connectivity index (χ0v) is 11.5. The summed E-state index contributed by atoms with van der Waals surface area (Å²) in [6.45, 7) is 0.675. The Labute approximate surface area is 118 Å². The van der Waals surface area contributed by atoms with E-state index in [4.69, 9.17) is 0 Å². The molecule has 4 nitrogen and oxygen atoms in total. The normalized spacial score (nSPS) is 15.4. The summed E-state index contributed by atoms with van der Waals surface area (Å²) in [7, 11) is 0. The fraction of sp³-hybridized carbons (Fsp3) is 0.375. The average Bonchev–Trinajstić information content (AvgIpc) is 3.12. The molecule has 0 aliphatic heterocycles. The van der Waals surface area contributed by atoms with Crippen LogP contribution in [0.25, 0.3) is 0 Å². The molecule has 1 heterocycles. The summed E-state index contributed by atoms with van der Waals surface area (Å²) in [5.41, 5.74) is 1.17. The maximum absolute atomic E-state index is 12.2. The Kier molecular flexibility index (Phi) is 3.81. The van der Waals surface area contributed by atoms with Crippen molar-refractivity contribution in [2.45, 2.75) is 32.2 Å². The fourth-order valence-electron chi connectivity index (χ4n) is 2.74. The van der Waals surface area contributed by atoms with Crippen molar-refractivity contribution in [2.24, 2.45) is 5.92 Å². The number of amides is 1. The summed E-state index contributed by atoms with van der Waals surface area (Å²) in [5.74, 6) is 1.10. The van der Waals surface area contributed by atoms with Crippen LogP contribution in [0.1, 0.15) is 31.2 Å². The molecular formula is C16H19N3O. The van der Waals surface area contributed by atoms with E-state index in [9.17, 15) is 4.79 Å². The van der Waals surface area contributed by atoms with E-state index in [-0.39, 0.29) is 11.8 Å². The number of carbonyl (C=O) groups excluding carboxylic acids is 1. The molecule has 0 unspecified atom stereocenters. The second-order valence-corrected chi connectivity index (χ2v) is 5.33. The van der Waals surface area contributed by atoms with Crippen molar-refractivity contribution in [2.75, 3.05) is 5.32 Å². The molecule has 104 valence electrons. The first-order valence-electron chi connectivity index (χ1n) is 7.19. The van der Waals surface area contributed by atoms with E-state index < -0.39 is 0 Å². The van der Waals surface area contributed by atoms with E-state index in [1.807, 2.05) is 28.9 Å². The lowest BCUT2D eigenvalue weighted by molar-refractivity contribution is -0.119. The Morgan fingerprint density at radius 3 is 2.70 bits per heavy atom. The van der Waals surface area contributed by atoms with Gasteiger partial charge in [0.05, 0.1) is 12.7 Å². The number of anilines is 1. The van der Waals surface area contributed by atoms with Crippen LogP contribution >= 0.6 is 0 Å². The number of aromatic nitrogens is 2. The predicted molar refractivity (Wildman–Crippen MR) is 78.4 cm³/mol. The Bertz CT molecular complexity index is 570. The highest BCUT2D eigenvalue weighted by atomic mass is 16.2. The molecule has 1 N–H and O–H groups in total. The van der Waals surface area contributed by atoms with Crippen molar-refractivity contribution < 1.29 is 4.79 Å². The highest BCUT2D eigenvalue weighted by Gasteiger charge is 2.23. The predicted octanol–water partition coefficient (Wildman–Crippen LogP) is 3.06. The van der Waals surface area contributed by atoms with Gasteiger partial charge in [0, 0.05) is 12.0 Å². The van der Waals surface area contributed by atoms with Gasteiger partial charge in [-0.15, -0.1) is 0 Å².